The maximum atomic E-state index is 5.54. The van der Waals surface area contributed by atoms with Crippen molar-refractivity contribution in [3.05, 3.63) is 47.7 Å². The highest BCUT2D eigenvalue weighted by atomic mass is 16.7. The largest absolute Gasteiger partial charge is 0.494 e. The molecule has 0 fully saturated rings. The first kappa shape index (κ1) is 13.5. The molecule has 19 heavy (non-hydrogen) atoms. The molecule has 0 amide bonds. The van der Waals surface area contributed by atoms with Gasteiger partial charge in [0, 0.05) is 0 Å². The molecule has 0 saturated heterocycles. The minimum atomic E-state index is 0.324. The van der Waals surface area contributed by atoms with Crippen LogP contribution in [0.1, 0.15) is 25.8 Å². The molecule has 0 bridgehead atoms. The molecule has 0 unspecified atom stereocenters. The summed E-state index contributed by atoms with van der Waals surface area (Å²) >= 11 is 0. The van der Waals surface area contributed by atoms with Crippen molar-refractivity contribution in [2.24, 2.45) is 0 Å². The van der Waals surface area contributed by atoms with Crippen LogP contribution >= 0.6 is 0 Å². The molecule has 1 aromatic rings. The molecule has 0 aliphatic carbocycles. The molecule has 0 spiro atoms. The Hall–Kier alpha value is -1.90. The minimum Gasteiger partial charge on any atom is -0.494 e. The van der Waals surface area contributed by atoms with Gasteiger partial charge in [0.1, 0.15) is 5.76 Å². The highest BCUT2D eigenvalue weighted by Crippen LogP contribution is 2.32. The van der Waals surface area contributed by atoms with Crippen molar-refractivity contribution >= 4 is 0 Å². The first-order valence-electron chi connectivity index (χ1n) is 6.50. The zero-order valence-electron chi connectivity index (χ0n) is 11.6. The Bertz CT molecular complexity index is 485. The molecule has 0 radical (unpaired) electrons. The summed E-state index contributed by atoms with van der Waals surface area (Å²) in [4.78, 5) is 0. The van der Waals surface area contributed by atoms with E-state index in [1.54, 1.807) is 0 Å². The van der Waals surface area contributed by atoms with Gasteiger partial charge >= 0.3 is 0 Å². The van der Waals surface area contributed by atoms with E-state index in [1.807, 2.05) is 32.1 Å². The lowest BCUT2D eigenvalue weighted by Gasteiger charge is -2.07. The summed E-state index contributed by atoms with van der Waals surface area (Å²) in [6, 6.07) is 6.06. The quantitative estimate of drug-likeness (QED) is 0.442. The molecule has 0 aromatic heterocycles. The highest BCUT2D eigenvalue weighted by Gasteiger charge is 2.12. The van der Waals surface area contributed by atoms with Crippen molar-refractivity contribution in [3.8, 4) is 11.5 Å². The Morgan fingerprint density at radius 3 is 2.89 bits per heavy atom. The van der Waals surface area contributed by atoms with Crippen LogP contribution in [-0.2, 0) is 11.2 Å². The van der Waals surface area contributed by atoms with Gasteiger partial charge in [-0.3, -0.25) is 0 Å². The molecule has 102 valence electrons. The monoisotopic (exact) mass is 260 g/mol. The Kier molecular flexibility index (Phi) is 4.50. The molecule has 0 N–H and O–H groups in total. The van der Waals surface area contributed by atoms with Crippen LogP contribution < -0.4 is 9.47 Å². The van der Waals surface area contributed by atoms with Crippen LogP contribution in [0.3, 0.4) is 0 Å². The van der Waals surface area contributed by atoms with Gasteiger partial charge in [-0.1, -0.05) is 18.2 Å². The summed E-state index contributed by atoms with van der Waals surface area (Å²) in [6.07, 6.45) is 3.86. The van der Waals surface area contributed by atoms with Gasteiger partial charge < -0.3 is 14.2 Å². The van der Waals surface area contributed by atoms with E-state index in [9.17, 15) is 0 Å². The maximum Gasteiger partial charge on any atom is 0.231 e. The lowest BCUT2D eigenvalue weighted by atomic mass is 10.1. The van der Waals surface area contributed by atoms with Gasteiger partial charge in [0.05, 0.1) is 6.61 Å². The van der Waals surface area contributed by atoms with Crippen LogP contribution in [0.25, 0.3) is 0 Å². The van der Waals surface area contributed by atoms with Gasteiger partial charge in [-0.25, -0.2) is 0 Å². The summed E-state index contributed by atoms with van der Waals surface area (Å²) in [5.74, 6) is 2.40. The first-order chi connectivity index (χ1) is 9.15. The lowest BCUT2D eigenvalue weighted by molar-refractivity contribution is 0.174. The zero-order valence-corrected chi connectivity index (χ0v) is 11.6. The van der Waals surface area contributed by atoms with Crippen molar-refractivity contribution in [1.29, 1.82) is 0 Å². The number of benzene rings is 1. The third-order valence-electron chi connectivity index (χ3n) is 2.78. The fourth-order valence-corrected chi connectivity index (χ4v) is 1.94. The van der Waals surface area contributed by atoms with E-state index in [-0.39, 0.29) is 0 Å². The van der Waals surface area contributed by atoms with Crippen LogP contribution in [0.5, 0.6) is 11.5 Å². The van der Waals surface area contributed by atoms with Gasteiger partial charge in [-0.15, -0.1) is 0 Å². The fourth-order valence-electron chi connectivity index (χ4n) is 1.94. The number of rotatable bonds is 6. The summed E-state index contributed by atoms with van der Waals surface area (Å²) in [6.45, 7) is 8.91. The second-order valence-corrected chi connectivity index (χ2v) is 4.83. The van der Waals surface area contributed by atoms with E-state index in [0.29, 0.717) is 13.4 Å². The van der Waals surface area contributed by atoms with E-state index in [2.05, 4.69) is 12.6 Å². The molecule has 1 heterocycles. The van der Waals surface area contributed by atoms with Crippen LogP contribution in [0.4, 0.5) is 0 Å². The topological polar surface area (TPSA) is 27.7 Å². The zero-order chi connectivity index (χ0) is 13.7. The van der Waals surface area contributed by atoms with Gasteiger partial charge in [0.2, 0.25) is 6.79 Å². The van der Waals surface area contributed by atoms with Crippen molar-refractivity contribution in [3.63, 3.8) is 0 Å². The van der Waals surface area contributed by atoms with E-state index < -0.39 is 0 Å². The smallest absolute Gasteiger partial charge is 0.231 e. The summed E-state index contributed by atoms with van der Waals surface area (Å²) in [7, 11) is 0. The molecular formula is C16H20O3. The number of hydrogen-bond acceptors (Lipinski definition) is 3. The van der Waals surface area contributed by atoms with Gasteiger partial charge in [-0.2, -0.15) is 0 Å². The first-order valence-corrected chi connectivity index (χ1v) is 6.50. The lowest BCUT2D eigenvalue weighted by Crippen LogP contribution is -1.95. The second kappa shape index (κ2) is 6.32. The van der Waals surface area contributed by atoms with Crippen LogP contribution in [-0.4, -0.2) is 13.4 Å². The van der Waals surface area contributed by atoms with Crippen molar-refractivity contribution in [1.82, 2.24) is 0 Å². The van der Waals surface area contributed by atoms with E-state index in [4.69, 9.17) is 14.2 Å². The standard InChI is InChI=1S/C16H20O3/c1-12(2)9-13(3)17-8-4-5-14-6-7-15-16(10-14)19-11-18-15/h6-7,9-10H,3-5,8,11H2,1-2H3. The molecule has 2 rings (SSSR count). The predicted octanol–water partition coefficient (Wildman–Crippen LogP) is 3.84. The fraction of sp³-hybridized carbons (Fsp3) is 0.375. The molecule has 0 saturated carbocycles. The van der Waals surface area contributed by atoms with E-state index >= 15 is 0 Å². The average Bonchev–Trinajstić information content (AvgIpc) is 2.81. The number of hydrogen-bond donors (Lipinski definition) is 0. The number of fused-ring (bicyclic) bond motifs is 1. The third-order valence-corrected chi connectivity index (χ3v) is 2.78. The molecule has 1 aliphatic heterocycles. The number of allylic oxidation sites excluding steroid dienone is 2. The SMILES string of the molecule is C=C(C=C(C)C)OCCCc1ccc2c(c1)OCO2. The van der Waals surface area contributed by atoms with Gasteiger partial charge in [0.25, 0.3) is 0 Å². The molecule has 1 aromatic carbocycles. The van der Waals surface area contributed by atoms with Crippen molar-refractivity contribution in [2.45, 2.75) is 26.7 Å². The minimum absolute atomic E-state index is 0.324. The summed E-state index contributed by atoms with van der Waals surface area (Å²) in [5, 5.41) is 0. The normalized spacial score (nSPS) is 12.1. The molecule has 3 nitrogen and oxygen atoms in total. The van der Waals surface area contributed by atoms with Crippen LogP contribution in [0.15, 0.2) is 42.2 Å². The predicted molar refractivity (Wildman–Crippen MR) is 75.4 cm³/mol. The second-order valence-electron chi connectivity index (χ2n) is 4.83. The Morgan fingerprint density at radius 1 is 1.32 bits per heavy atom. The third kappa shape index (κ3) is 4.05. The molecule has 1 aliphatic rings. The Balaban J connectivity index is 1.74. The number of ether oxygens (including phenoxy) is 3. The summed E-state index contributed by atoms with van der Waals surface area (Å²) < 4.78 is 16.2. The average molecular weight is 260 g/mol. The molecule has 3 heteroatoms. The van der Waals surface area contributed by atoms with Gasteiger partial charge in [-0.05, 0) is 50.5 Å². The maximum absolute atomic E-state index is 5.54. The summed E-state index contributed by atoms with van der Waals surface area (Å²) in [5.41, 5.74) is 2.43. The Labute approximate surface area is 114 Å². The number of aryl methyl sites for hydroxylation is 1. The van der Waals surface area contributed by atoms with Gasteiger partial charge in [0.15, 0.2) is 11.5 Å². The van der Waals surface area contributed by atoms with E-state index in [0.717, 1.165) is 30.1 Å². The van der Waals surface area contributed by atoms with Crippen molar-refractivity contribution in [2.75, 3.05) is 13.4 Å². The van der Waals surface area contributed by atoms with Crippen molar-refractivity contribution < 1.29 is 14.2 Å². The van der Waals surface area contributed by atoms with E-state index in [1.165, 1.54) is 11.1 Å². The molecule has 0 atom stereocenters. The van der Waals surface area contributed by atoms with Crippen LogP contribution in [0.2, 0.25) is 0 Å². The Morgan fingerprint density at radius 2 is 2.11 bits per heavy atom. The molecular weight excluding hydrogens is 240 g/mol. The highest BCUT2D eigenvalue weighted by molar-refractivity contribution is 5.44. The van der Waals surface area contributed by atoms with Crippen LogP contribution in [0, 0.1) is 0 Å².